The predicted molar refractivity (Wildman–Crippen MR) is 71.3 cm³/mol. The van der Waals surface area contributed by atoms with Crippen molar-refractivity contribution >= 4 is 17.5 Å². The summed E-state index contributed by atoms with van der Waals surface area (Å²) in [5.74, 6) is -0.00967. The van der Waals surface area contributed by atoms with E-state index in [0.717, 1.165) is 10.6 Å². The first-order chi connectivity index (χ1) is 7.94. The second-order valence-corrected chi connectivity index (χ2v) is 5.14. The highest BCUT2D eigenvalue weighted by atomic mass is 35.5. The second kappa shape index (κ2) is 6.03. The zero-order valence-electron chi connectivity index (χ0n) is 10.5. The highest BCUT2D eigenvalue weighted by Crippen LogP contribution is 2.20. The molecular formula is C13H19ClN2O. The van der Waals surface area contributed by atoms with Crippen LogP contribution < -0.4 is 10.6 Å². The fraction of sp³-hybridized carbons (Fsp3) is 0.462. The Balaban J connectivity index is 2.66. The number of nitrogens with one attached hydrogen (secondary N) is 2. The first-order valence-electron chi connectivity index (χ1n) is 5.63. The van der Waals surface area contributed by atoms with Gasteiger partial charge in [0.1, 0.15) is 0 Å². The van der Waals surface area contributed by atoms with Crippen LogP contribution in [0.15, 0.2) is 24.3 Å². The molecule has 1 amide bonds. The van der Waals surface area contributed by atoms with Gasteiger partial charge in [0.2, 0.25) is 5.91 Å². The number of hydrogen-bond donors (Lipinski definition) is 2. The van der Waals surface area contributed by atoms with Crippen molar-refractivity contribution in [3.63, 3.8) is 0 Å². The van der Waals surface area contributed by atoms with Crippen LogP contribution in [0, 0.1) is 0 Å². The Bertz CT molecular complexity index is 391. The van der Waals surface area contributed by atoms with Crippen molar-refractivity contribution < 1.29 is 4.79 Å². The summed E-state index contributed by atoms with van der Waals surface area (Å²) in [5.41, 5.74) is 0.739. The van der Waals surface area contributed by atoms with Crippen molar-refractivity contribution in [3.05, 3.63) is 34.9 Å². The van der Waals surface area contributed by atoms with Crippen LogP contribution in [-0.2, 0) is 11.2 Å². The number of carbonyl (C=O) groups excluding carboxylic acids is 1. The van der Waals surface area contributed by atoms with Gasteiger partial charge >= 0.3 is 0 Å². The minimum absolute atomic E-state index is 0.00967. The smallest absolute Gasteiger partial charge is 0.234 e. The zero-order chi connectivity index (χ0) is 12.9. The Hall–Kier alpha value is -1.06. The molecule has 17 heavy (non-hydrogen) atoms. The Labute approximate surface area is 108 Å². The summed E-state index contributed by atoms with van der Waals surface area (Å²) >= 11 is 6.10. The van der Waals surface area contributed by atoms with Gasteiger partial charge in [0.15, 0.2) is 0 Å². The summed E-state index contributed by atoms with van der Waals surface area (Å²) in [4.78, 5) is 11.5. The molecule has 0 heterocycles. The van der Waals surface area contributed by atoms with Gasteiger partial charge in [0, 0.05) is 10.6 Å². The molecule has 0 aliphatic rings. The molecule has 0 saturated carbocycles. The molecule has 0 fully saturated rings. The first-order valence-corrected chi connectivity index (χ1v) is 6.01. The lowest BCUT2D eigenvalue weighted by Crippen LogP contribution is -2.47. The maximum absolute atomic E-state index is 11.5. The average Bonchev–Trinajstić information content (AvgIpc) is 2.20. The van der Waals surface area contributed by atoms with Crippen LogP contribution in [0.5, 0.6) is 0 Å². The maximum Gasteiger partial charge on any atom is 0.234 e. The van der Waals surface area contributed by atoms with Crippen LogP contribution in [0.2, 0.25) is 5.02 Å². The van der Waals surface area contributed by atoms with Gasteiger partial charge in [-0.05, 0) is 38.9 Å². The molecule has 0 radical (unpaired) electrons. The van der Waals surface area contributed by atoms with E-state index in [1.807, 2.05) is 38.1 Å². The first kappa shape index (κ1) is 14.0. The van der Waals surface area contributed by atoms with E-state index in [9.17, 15) is 4.79 Å². The van der Waals surface area contributed by atoms with Gasteiger partial charge < -0.3 is 10.6 Å². The third-order valence-corrected chi connectivity index (χ3v) is 2.77. The molecule has 0 saturated heterocycles. The van der Waals surface area contributed by atoms with Crippen LogP contribution in [0.25, 0.3) is 0 Å². The third kappa shape index (κ3) is 4.75. The Morgan fingerprint density at radius 2 is 2.00 bits per heavy atom. The lowest BCUT2D eigenvalue weighted by Gasteiger charge is -2.27. The van der Waals surface area contributed by atoms with Gasteiger partial charge in [0.05, 0.1) is 6.54 Å². The van der Waals surface area contributed by atoms with Crippen molar-refractivity contribution in [2.75, 3.05) is 13.6 Å². The van der Waals surface area contributed by atoms with E-state index in [1.54, 1.807) is 7.05 Å². The number of benzene rings is 1. The summed E-state index contributed by atoms with van der Waals surface area (Å²) in [6, 6.07) is 7.70. The van der Waals surface area contributed by atoms with Gasteiger partial charge in [-0.3, -0.25) is 4.79 Å². The van der Waals surface area contributed by atoms with Gasteiger partial charge in [-0.2, -0.15) is 0 Å². The molecule has 0 bridgehead atoms. The van der Waals surface area contributed by atoms with Crippen LogP contribution in [0.3, 0.4) is 0 Å². The summed E-state index contributed by atoms with van der Waals surface area (Å²) < 4.78 is 0. The van der Waals surface area contributed by atoms with Crippen LogP contribution in [0.4, 0.5) is 0 Å². The summed E-state index contributed by atoms with van der Waals surface area (Å²) in [6.07, 6.45) is 0.710. The van der Waals surface area contributed by atoms with E-state index in [-0.39, 0.29) is 11.4 Å². The number of likely N-dealkylation sites (N-methyl/N-ethyl adjacent to an activating group) is 1. The van der Waals surface area contributed by atoms with E-state index in [0.29, 0.717) is 13.0 Å². The second-order valence-electron chi connectivity index (χ2n) is 4.73. The molecule has 0 aliphatic carbocycles. The molecule has 1 rings (SSSR count). The molecule has 0 spiro atoms. The van der Waals surface area contributed by atoms with Gasteiger partial charge in [-0.25, -0.2) is 0 Å². The van der Waals surface area contributed by atoms with E-state index in [1.165, 1.54) is 0 Å². The summed E-state index contributed by atoms with van der Waals surface area (Å²) in [5, 5.41) is 6.54. The Morgan fingerprint density at radius 1 is 1.35 bits per heavy atom. The monoisotopic (exact) mass is 254 g/mol. The van der Waals surface area contributed by atoms with Gasteiger partial charge in [0.25, 0.3) is 0 Å². The SMILES string of the molecule is CNCC(=O)NC(C)(C)Cc1ccccc1Cl. The maximum atomic E-state index is 11.5. The molecule has 1 aromatic rings. The third-order valence-electron chi connectivity index (χ3n) is 2.41. The molecule has 3 nitrogen and oxygen atoms in total. The minimum Gasteiger partial charge on any atom is -0.350 e. The number of amides is 1. The number of carbonyl (C=O) groups is 1. The van der Waals surface area contributed by atoms with Crippen LogP contribution in [0.1, 0.15) is 19.4 Å². The standard InChI is InChI=1S/C13H19ClN2O/c1-13(2,16-12(17)9-15-3)8-10-6-4-5-7-11(10)14/h4-7,15H,8-9H2,1-3H3,(H,16,17). The molecule has 2 N–H and O–H groups in total. The van der Waals surface area contributed by atoms with Crippen molar-refractivity contribution in [2.24, 2.45) is 0 Å². The van der Waals surface area contributed by atoms with E-state index >= 15 is 0 Å². The Morgan fingerprint density at radius 3 is 2.59 bits per heavy atom. The fourth-order valence-electron chi connectivity index (χ4n) is 1.74. The zero-order valence-corrected chi connectivity index (χ0v) is 11.3. The lowest BCUT2D eigenvalue weighted by atomic mass is 9.95. The van der Waals surface area contributed by atoms with Gasteiger partial charge in [-0.1, -0.05) is 29.8 Å². The molecule has 0 aromatic heterocycles. The highest BCUT2D eigenvalue weighted by Gasteiger charge is 2.21. The topological polar surface area (TPSA) is 41.1 Å². The van der Waals surface area contributed by atoms with Gasteiger partial charge in [-0.15, -0.1) is 0 Å². The van der Waals surface area contributed by atoms with Crippen LogP contribution in [-0.4, -0.2) is 25.0 Å². The van der Waals surface area contributed by atoms with E-state index in [2.05, 4.69) is 10.6 Å². The average molecular weight is 255 g/mol. The molecular weight excluding hydrogens is 236 g/mol. The molecule has 0 unspecified atom stereocenters. The summed E-state index contributed by atoms with van der Waals surface area (Å²) in [6.45, 7) is 4.31. The molecule has 0 aliphatic heterocycles. The van der Waals surface area contributed by atoms with Crippen molar-refractivity contribution in [3.8, 4) is 0 Å². The largest absolute Gasteiger partial charge is 0.350 e. The molecule has 1 aromatic carbocycles. The quantitative estimate of drug-likeness (QED) is 0.844. The van der Waals surface area contributed by atoms with Crippen molar-refractivity contribution in [1.29, 1.82) is 0 Å². The molecule has 4 heteroatoms. The minimum atomic E-state index is -0.307. The molecule has 0 atom stereocenters. The highest BCUT2D eigenvalue weighted by molar-refractivity contribution is 6.31. The fourth-order valence-corrected chi connectivity index (χ4v) is 1.95. The van der Waals surface area contributed by atoms with Crippen molar-refractivity contribution in [2.45, 2.75) is 25.8 Å². The van der Waals surface area contributed by atoms with E-state index in [4.69, 9.17) is 11.6 Å². The number of hydrogen-bond acceptors (Lipinski definition) is 2. The van der Waals surface area contributed by atoms with E-state index < -0.39 is 0 Å². The van der Waals surface area contributed by atoms with Crippen molar-refractivity contribution in [1.82, 2.24) is 10.6 Å². The number of halogens is 1. The molecule has 94 valence electrons. The summed E-state index contributed by atoms with van der Waals surface area (Å²) in [7, 11) is 1.75. The number of rotatable bonds is 5. The predicted octanol–water partition coefficient (Wildman–Crippen LogP) is 2.00. The lowest BCUT2D eigenvalue weighted by molar-refractivity contribution is -0.121. The Kier molecular flexibility index (Phi) is 4.97. The normalized spacial score (nSPS) is 11.3. The van der Waals surface area contributed by atoms with Crippen LogP contribution >= 0.6 is 11.6 Å².